The van der Waals surface area contributed by atoms with Gasteiger partial charge < -0.3 is 9.13 Å². The molecule has 3 heteroatoms. The lowest BCUT2D eigenvalue weighted by atomic mass is 10.1. The van der Waals surface area contributed by atoms with Crippen LogP contribution in [0.3, 0.4) is 0 Å². The maximum atomic E-state index is 4.27. The first-order chi connectivity index (χ1) is 9.29. The lowest BCUT2D eigenvalue weighted by molar-refractivity contribution is 0.579. The molecule has 0 atom stereocenters. The zero-order valence-corrected chi connectivity index (χ0v) is 11.5. The second kappa shape index (κ2) is 4.92. The molecule has 3 rings (SSSR count). The molecule has 3 nitrogen and oxygen atoms in total. The van der Waals surface area contributed by atoms with Crippen molar-refractivity contribution in [2.75, 3.05) is 0 Å². The molecule has 0 unspecified atom stereocenters. The molecule has 0 aliphatic heterocycles. The van der Waals surface area contributed by atoms with Gasteiger partial charge in [0, 0.05) is 31.7 Å². The van der Waals surface area contributed by atoms with Crippen molar-refractivity contribution >= 4 is 10.9 Å². The van der Waals surface area contributed by atoms with Gasteiger partial charge in [-0.15, -0.1) is 0 Å². The highest BCUT2D eigenvalue weighted by Crippen LogP contribution is 2.21. The maximum absolute atomic E-state index is 4.27. The molecule has 0 spiro atoms. The van der Waals surface area contributed by atoms with Gasteiger partial charge in [0.2, 0.25) is 0 Å². The minimum atomic E-state index is 0.966. The molecule has 0 fully saturated rings. The van der Waals surface area contributed by atoms with Crippen LogP contribution in [0, 0.1) is 6.92 Å². The van der Waals surface area contributed by atoms with E-state index in [1.807, 2.05) is 19.3 Å². The first-order valence-electron chi connectivity index (χ1n) is 6.84. The number of aromatic nitrogens is 3. The SMILES string of the molecule is CCc1cccc2ccn(CCn3ccnc3C)c12. The van der Waals surface area contributed by atoms with E-state index in [-0.39, 0.29) is 0 Å². The summed E-state index contributed by atoms with van der Waals surface area (Å²) in [5.74, 6) is 1.08. The Hall–Kier alpha value is -2.03. The molecule has 2 aromatic heterocycles. The standard InChI is InChI=1S/C16H19N3/c1-3-14-5-4-6-15-7-9-19(16(14)15)12-11-18-10-8-17-13(18)2/h4-10H,3,11-12H2,1-2H3. The van der Waals surface area contributed by atoms with Gasteiger partial charge in [-0.25, -0.2) is 4.98 Å². The summed E-state index contributed by atoms with van der Waals surface area (Å²) in [6, 6.07) is 8.76. The molecule has 1 aromatic carbocycles. The summed E-state index contributed by atoms with van der Waals surface area (Å²) in [4.78, 5) is 4.27. The van der Waals surface area contributed by atoms with Gasteiger partial charge in [0.25, 0.3) is 0 Å². The Kier molecular flexibility index (Phi) is 3.11. The normalized spacial score (nSPS) is 11.3. The van der Waals surface area contributed by atoms with Crippen LogP contribution in [0.1, 0.15) is 18.3 Å². The number of nitrogens with zero attached hydrogens (tertiary/aromatic N) is 3. The lowest BCUT2D eigenvalue weighted by Gasteiger charge is -2.10. The molecule has 3 aromatic rings. The summed E-state index contributed by atoms with van der Waals surface area (Å²) in [7, 11) is 0. The number of aryl methyl sites for hydroxylation is 4. The van der Waals surface area contributed by atoms with Gasteiger partial charge in [-0.05, 0) is 30.4 Å². The summed E-state index contributed by atoms with van der Waals surface area (Å²) < 4.78 is 4.55. The lowest BCUT2D eigenvalue weighted by Crippen LogP contribution is -2.07. The topological polar surface area (TPSA) is 22.8 Å². The van der Waals surface area contributed by atoms with E-state index in [1.54, 1.807) is 0 Å². The van der Waals surface area contributed by atoms with Crippen LogP contribution in [-0.4, -0.2) is 14.1 Å². The van der Waals surface area contributed by atoms with Crippen LogP contribution in [0.5, 0.6) is 0 Å². The van der Waals surface area contributed by atoms with E-state index in [0.29, 0.717) is 0 Å². The molecule has 0 aliphatic carbocycles. The Labute approximate surface area is 113 Å². The molecule has 0 saturated carbocycles. The molecule has 0 N–H and O–H groups in total. The van der Waals surface area contributed by atoms with Gasteiger partial charge in [-0.2, -0.15) is 0 Å². The van der Waals surface area contributed by atoms with E-state index >= 15 is 0 Å². The Bertz CT molecular complexity index is 691. The van der Waals surface area contributed by atoms with E-state index in [4.69, 9.17) is 0 Å². The average molecular weight is 253 g/mol. The highest BCUT2D eigenvalue weighted by atomic mass is 15.1. The number of fused-ring (bicyclic) bond motifs is 1. The zero-order valence-electron chi connectivity index (χ0n) is 11.5. The third kappa shape index (κ3) is 2.16. The van der Waals surface area contributed by atoms with E-state index in [0.717, 1.165) is 25.3 Å². The van der Waals surface area contributed by atoms with Crippen LogP contribution in [0.4, 0.5) is 0 Å². The third-order valence-electron chi connectivity index (χ3n) is 3.76. The van der Waals surface area contributed by atoms with Gasteiger partial charge in [0.15, 0.2) is 0 Å². The zero-order chi connectivity index (χ0) is 13.2. The molecular formula is C16H19N3. The third-order valence-corrected chi connectivity index (χ3v) is 3.76. The van der Waals surface area contributed by atoms with Gasteiger partial charge in [-0.3, -0.25) is 0 Å². The Morgan fingerprint density at radius 1 is 1.05 bits per heavy atom. The largest absolute Gasteiger partial charge is 0.345 e. The molecule has 0 bridgehead atoms. The fourth-order valence-electron chi connectivity index (χ4n) is 2.67. The second-order valence-electron chi connectivity index (χ2n) is 4.89. The Morgan fingerprint density at radius 3 is 2.63 bits per heavy atom. The molecule has 19 heavy (non-hydrogen) atoms. The van der Waals surface area contributed by atoms with Crippen LogP contribution in [-0.2, 0) is 19.5 Å². The first-order valence-corrected chi connectivity index (χ1v) is 6.84. The molecule has 0 aliphatic rings. The van der Waals surface area contributed by atoms with Gasteiger partial charge >= 0.3 is 0 Å². The van der Waals surface area contributed by atoms with Crippen molar-refractivity contribution in [1.82, 2.24) is 14.1 Å². The summed E-state index contributed by atoms with van der Waals surface area (Å²) >= 11 is 0. The number of rotatable bonds is 4. The van der Waals surface area contributed by atoms with Crippen molar-refractivity contribution in [1.29, 1.82) is 0 Å². The minimum Gasteiger partial charge on any atom is -0.345 e. The van der Waals surface area contributed by atoms with E-state index < -0.39 is 0 Å². The predicted octanol–water partition coefficient (Wildman–Crippen LogP) is 3.41. The summed E-state index contributed by atoms with van der Waals surface area (Å²) in [6.45, 7) is 6.21. The van der Waals surface area contributed by atoms with Crippen molar-refractivity contribution in [3.63, 3.8) is 0 Å². The average Bonchev–Trinajstić information content (AvgIpc) is 3.02. The molecular weight excluding hydrogens is 234 g/mol. The summed E-state index contributed by atoms with van der Waals surface area (Å²) in [5, 5.41) is 1.33. The molecule has 2 heterocycles. The number of imidazole rings is 1. The van der Waals surface area contributed by atoms with E-state index in [2.05, 4.69) is 51.5 Å². The Balaban J connectivity index is 1.91. The number of benzene rings is 1. The molecule has 0 amide bonds. The van der Waals surface area contributed by atoms with Crippen molar-refractivity contribution in [2.45, 2.75) is 33.4 Å². The van der Waals surface area contributed by atoms with Crippen molar-refractivity contribution in [2.24, 2.45) is 0 Å². The van der Waals surface area contributed by atoms with Gasteiger partial charge in [0.05, 0.1) is 5.52 Å². The predicted molar refractivity (Wildman–Crippen MR) is 78.3 cm³/mol. The van der Waals surface area contributed by atoms with Crippen LogP contribution in [0.15, 0.2) is 42.9 Å². The quantitative estimate of drug-likeness (QED) is 0.698. The number of para-hydroxylation sites is 1. The summed E-state index contributed by atoms with van der Waals surface area (Å²) in [5.41, 5.74) is 2.80. The molecule has 98 valence electrons. The van der Waals surface area contributed by atoms with E-state index in [1.165, 1.54) is 16.5 Å². The smallest absolute Gasteiger partial charge is 0.105 e. The minimum absolute atomic E-state index is 0.966. The molecule has 0 radical (unpaired) electrons. The number of hydrogen-bond acceptors (Lipinski definition) is 1. The summed E-state index contributed by atoms with van der Waals surface area (Å²) in [6.07, 6.45) is 7.17. The number of hydrogen-bond donors (Lipinski definition) is 0. The fraction of sp³-hybridized carbons (Fsp3) is 0.312. The fourth-order valence-corrected chi connectivity index (χ4v) is 2.67. The Morgan fingerprint density at radius 2 is 1.89 bits per heavy atom. The molecule has 0 saturated heterocycles. The highest BCUT2D eigenvalue weighted by Gasteiger charge is 2.05. The van der Waals surface area contributed by atoms with Crippen LogP contribution >= 0.6 is 0 Å². The van der Waals surface area contributed by atoms with Crippen LogP contribution < -0.4 is 0 Å². The van der Waals surface area contributed by atoms with Gasteiger partial charge in [0.1, 0.15) is 5.82 Å². The highest BCUT2D eigenvalue weighted by molar-refractivity contribution is 5.83. The first kappa shape index (κ1) is 12.0. The van der Waals surface area contributed by atoms with Crippen molar-refractivity contribution in [3.05, 3.63) is 54.2 Å². The second-order valence-corrected chi connectivity index (χ2v) is 4.89. The van der Waals surface area contributed by atoms with Gasteiger partial charge in [-0.1, -0.05) is 25.1 Å². The maximum Gasteiger partial charge on any atom is 0.105 e. The van der Waals surface area contributed by atoms with Crippen molar-refractivity contribution in [3.8, 4) is 0 Å². The van der Waals surface area contributed by atoms with Crippen LogP contribution in [0.25, 0.3) is 10.9 Å². The monoisotopic (exact) mass is 253 g/mol. The van der Waals surface area contributed by atoms with Crippen LogP contribution in [0.2, 0.25) is 0 Å². The van der Waals surface area contributed by atoms with Crippen molar-refractivity contribution < 1.29 is 0 Å². The van der Waals surface area contributed by atoms with E-state index in [9.17, 15) is 0 Å².